The van der Waals surface area contributed by atoms with Crippen LogP contribution in [0.5, 0.6) is 5.75 Å². The highest BCUT2D eigenvalue weighted by atomic mass is 35.5. The number of nitrogens with zero attached hydrogens (tertiary/aromatic N) is 3. The minimum atomic E-state index is -0.137. The van der Waals surface area contributed by atoms with Crippen LogP contribution in [0.3, 0.4) is 0 Å². The van der Waals surface area contributed by atoms with E-state index in [1.54, 1.807) is 30.2 Å². The number of likely N-dealkylation sites (N-methyl/N-ethyl adjacent to an activating group) is 1. The second-order valence-electron chi connectivity index (χ2n) is 6.91. The zero-order chi connectivity index (χ0) is 21.0. The number of carbonyl (C=O) groups is 1. The standard InChI is InChI=1S/C22H24ClN3O2S/c1-15-9-11-18(28-4)20-21(15)29-22(24-20)26(14-13-25(2)3)19(27)12-10-16-7-5-6-8-17(16)23/h5-12H,13-14H2,1-4H3/b12-10+. The van der Waals surface area contributed by atoms with Crippen molar-refractivity contribution in [3.8, 4) is 5.75 Å². The number of aryl methyl sites for hydroxylation is 1. The summed E-state index contributed by atoms with van der Waals surface area (Å²) in [6.45, 7) is 3.28. The molecule has 0 aliphatic rings. The van der Waals surface area contributed by atoms with Gasteiger partial charge in [0.05, 0.1) is 11.8 Å². The highest BCUT2D eigenvalue weighted by molar-refractivity contribution is 7.22. The van der Waals surface area contributed by atoms with Crippen molar-refractivity contribution in [2.75, 3.05) is 39.2 Å². The number of carbonyl (C=O) groups excluding carboxylic acids is 1. The first-order valence-corrected chi connectivity index (χ1v) is 10.4. The minimum Gasteiger partial charge on any atom is -0.494 e. The Labute approximate surface area is 180 Å². The molecule has 152 valence electrons. The number of fused-ring (bicyclic) bond motifs is 1. The van der Waals surface area contributed by atoms with Gasteiger partial charge in [-0.3, -0.25) is 9.69 Å². The number of aromatic nitrogens is 1. The van der Waals surface area contributed by atoms with Crippen molar-refractivity contribution in [2.24, 2.45) is 0 Å². The first kappa shape index (κ1) is 21.3. The summed E-state index contributed by atoms with van der Waals surface area (Å²) in [6, 6.07) is 11.3. The molecule has 0 aliphatic carbocycles. The van der Waals surface area contributed by atoms with Crippen molar-refractivity contribution < 1.29 is 9.53 Å². The molecule has 0 bridgehead atoms. The molecule has 0 fully saturated rings. The summed E-state index contributed by atoms with van der Waals surface area (Å²) in [5, 5.41) is 1.26. The van der Waals surface area contributed by atoms with Gasteiger partial charge in [-0.1, -0.05) is 47.2 Å². The molecule has 0 aliphatic heterocycles. The maximum Gasteiger partial charge on any atom is 0.252 e. The van der Waals surface area contributed by atoms with Crippen LogP contribution in [-0.2, 0) is 4.79 Å². The Morgan fingerprint density at radius 2 is 1.97 bits per heavy atom. The number of amides is 1. The van der Waals surface area contributed by atoms with Crippen LogP contribution in [0.2, 0.25) is 5.02 Å². The van der Waals surface area contributed by atoms with Gasteiger partial charge in [-0.15, -0.1) is 0 Å². The number of rotatable bonds is 7. The van der Waals surface area contributed by atoms with Crippen LogP contribution < -0.4 is 9.64 Å². The van der Waals surface area contributed by atoms with E-state index in [1.807, 2.05) is 56.3 Å². The molecule has 1 aromatic heterocycles. The Hall–Kier alpha value is -2.41. The van der Waals surface area contributed by atoms with Gasteiger partial charge < -0.3 is 9.64 Å². The Kier molecular flexibility index (Phi) is 6.90. The second kappa shape index (κ2) is 9.39. The fraction of sp³-hybridized carbons (Fsp3) is 0.273. The van der Waals surface area contributed by atoms with Gasteiger partial charge in [-0.2, -0.15) is 0 Å². The molecule has 3 rings (SSSR count). The summed E-state index contributed by atoms with van der Waals surface area (Å²) in [4.78, 5) is 21.6. The molecule has 7 heteroatoms. The largest absolute Gasteiger partial charge is 0.494 e. The Morgan fingerprint density at radius 1 is 1.21 bits per heavy atom. The molecule has 5 nitrogen and oxygen atoms in total. The summed E-state index contributed by atoms with van der Waals surface area (Å²) >= 11 is 7.71. The van der Waals surface area contributed by atoms with Crippen molar-refractivity contribution >= 4 is 50.3 Å². The van der Waals surface area contributed by atoms with Crippen LogP contribution in [0, 0.1) is 6.92 Å². The Balaban J connectivity index is 1.97. The van der Waals surface area contributed by atoms with Crippen molar-refractivity contribution in [1.82, 2.24) is 9.88 Å². The smallest absolute Gasteiger partial charge is 0.252 e. The minimum absolute atomic E-state index is 0.137. The van der Waals surface area contributed by atoms with Crippen LogP contribution in [0.4, 0.5) is 5.13 Å². The van der Waals surface area contributed by atoms with Crippen LogP contribution in [0.15, 0.2) is 42.5 Å². The SMILES string of the molecule is COc1ccc(C)c2sc(N(CCN(C)C)C(=O)/C=C/c3ccccc3Cl)nc12. The van der Waals surface area contributed by atoms with E-state index >= 15 is 0 Å². The molecular formula is C22H24ClN3O2S. The number of methoxy groups -OCH3 is 1. The molecule has 0 saturated heterocycles. The van der Waals surface area contributed by atoms with E-state index in [4.69, 9.17) is 21.3 Å². The molecule has 0 atom stereocenters. The van der Waals surface area contributed by atoms with Crippen LogP contribution in [0.1, 0.15) is 11.1 Å². The van der Waals surface area contributed by atoms with E-state index in [0.717, 1.165) is 27.9 Å². The summed E-state index contributed by atoms with van der Waals surface area (Å²) in [7, 11) is 5.59. The number of ether oxygens (including phenoxy) is 1. The van der Waals surface area contributed by atoms with E-state index in [1.165, 1.54) is 11.3 Å². The topological polar surface area (TPSA) is 45.7 Å². The van der Waals surface area contributed by atoms with E-state index in [-0.39, 0.29) is 5.91 Å². The number of hydrogen-bond donors (Lipinski definition) is 0. The van der Waals surface area contributed by atoms with Crippen molar-refractivity contribution in [3.05, 3.63) is 58.6 Å². The van der Waals surface area contributed by atoms with Gasteiger partial charge in [0.2, 0.25) is 0 Å². The molecular weight excluding hydrogens is 406 g/mol. The monoisotopic (exact) mass is 429 g/mol. The molecule has 0 N–H and O–H groups in total. The van der Waals surface area contributed by atoms with Crippen molar-refractivity contribution in [3.63, 3.8) is 0 Å². The Bertz CT molecular complexity index is 1050. The summed E-state index contributed by atoms with van der Waals surface area (Å²) in [5.41, 5.74) is 2.69. The third-order valence-corrected chi connectivity index (χ3v) is 6.05. The van der Waals surface area contributed by atoms with Gasteiger partial charge in [0.25, 0.3) is 5.91 Å². The molecule has 3 aromatic rings. The van der Waals surface area contributed by atoms with Gasteiger partial charge >= 0.3 is 0 Å². The average molecular weight is 430 g/mol. The normalized spacial score (nSPS) is 11.5. The third-order valence-electron chi connectivity index (χ3n) is 4.49. The summed E-state index contributed by atoms with van der Waals surface area (Å²) < 4.78 is 6.48. The fourth-order valence-electron chi connectivity index (χ4n) is 2.84. The molecule has 1 heterocycles. The van der Waals surface area contributed by atoms with E-state index in [0.29, 0.717) is 22.4 Å². The lowest BCUT2D eigenvalue weighted by Crippen LogP contribution is -2.35. The fourth-order valence-corrected chi connectivity index (χ4v) is 4.12. The lowest BCUT2D eigenvalue weighted by atomic mass is 10.2. The number of halogens is 1. The summed E-state index contributed by atoms with van der Waals surface area (Å²) in [5.74, 6) is 0.571. The van der Waals surface area contributed by atoms with Gasteiger partial charge in [-0.25, -0.2) is 4.98 Å². The lowest BCUT2D eigenvalue weighted by Gasteiger charge is -2.20. The van der Waals surface area contributed by atoms with Gasteiger partial charge in [0.1, 0.15) is 11.3 Å². The Morgan fingerprint density at radius 3 is 2.66 bits per heavy atom. The highest BCUT2D eigenvalue weighted by Crippen LogP contribution is 2.36. The van der Waals surface area contributed by atoms with E-state index < -0.39 is 0 Å². The maximum absolute atomic E-state index is 13.1. The van der Waals surface area contributed by atoms with Gasteiger partial charge in [0, 0.05) is 24.2 Å². The van der Waals surface area contributed by atoms with Crippen LogP contribution in [-0.4, -0.2) is 50.1 Å². The second-order valence-corrected chi connectivity index (χ2v) is 8.29. The molecule has 1 amide bonds. The molecule has 0 radical (unpaired) electrons. The van der Waals surface area contributed by atoms with Crippen LogP contribution >= 0.6 is 22.9 Å². The number of thiazole rings is 1. The van der Waals surface area contributed by atoms with Crippen molar-refractivity contribution in [1.29, 1.82) is 0 Å². The third kappa shape index (κ3) is 4.96. The predicted molar refractivity (Wildman–Crippen MR) is 122 cm³/mol. The van der Waals surface area contributed by atoms with E-state index in [9.17, 15) is 4.79 Å². The number of benzene rings is 2. The zero-order valence-corrected chi connectivity index (χ0v) is 18.5. The highest BCUT2D eigenvalue weighted by Gasteiger charge is 2.20. The van der Waals surface area contributed by atoms with Gasteiger partial charge in [0.15, 0.2) is 5.13 Å². The lowest BCUT2D eigenvalue weighted by molar-refractivity contribution is -0.114. The quantitative estimate of drug-likeness (QED) is 0.502. The first-order chi connectivity index (χ1) is 13.9. The maximum atomic E-state index is 13.1. The predicted octanol–water partition coefficient (Wildman–Crippen LogP) is 4.87. The molecule has 0 unspecified atom stereocenters. The number of anilines is 1. The number of hydrogen-bond acceptors (Lipinski definition) is 5. The molecule has 0 saturated carbocycles. The molecule has 2 aromatic carbocycles. The van der Waals surface area contributed by atoms with Crippen molar-refractivity contribution in [2.45, 2.75) is 6.92 Å². The molecule has 0 spiro atoms. The molecule has 29 heavy (non-hydrogen) atoms. The van der Waals surface area contributed by atoms with E-state index in [2.05, 4.69) is 0 Å². The first-order valence-electron chi connectivity index (χ1n) is 9.23. The average Bonchev–Trinajstić information content (AvgIpc) is 3.13. The zero-order valence-electron chi connectivity index (χ0n) is 17.0. The van der Waals surface area contributed by atoms with Gasteiger partial charge in [-0.05, 0) is 50.4 Å². The van der Waals surface area contributed by atoms with Crippen LogP contribution in [0.25, 0.3) is 16.3 Å². The summed E-state index contributed by atoms with van der Waals surface area (Å²) in [6.07, 6.45) is 3.29.